The number of aryl methyl sites for hydroxylation is 2. The standard InChI is InChI=1S/C30H32FN3O2/c1-21-8-7-11-28(22(21)2)36-17-6-5-16-34-27-10-4-3-9-26(27)32-30(34)24-18-29(35)33(20-24)19-23-12-14-25(31)15-13-23/h3-4,7-15,24H,5-6,16-20H2,1-2H3. The molecule has 0 radical (unpaired) electrons. The van der Waals surface area contributed by atoms with Crippen molar-refractivity contribution in [2.75, 3.05) is 13.2 Å². The molecule has 1 atom stereocenters. The fourth-order valence-electron chi connectivity index (χ4n) is 4.98. The average Bonchev–Trinajstić information content (AvgIpc) is 3.43. The van der Waals surface area contributed by atoms with E-state index in [1.807, 2.05) is 35.2 Å². The third-order valence-corrected chi connectivity index (χ3v) is 7.14. The maximum Gasteiger partial charge on any atom is 0.223 e. The summed E-state index contributed by atoms with van der Waals surface area (Å²) in [7, 11) is 0. The van der Waals surface area contributed by atoms with E-state index in [1.54, 1.807) is 12.1 Å². The number of carbonyl (C=O) groups excluding carboxylic acids is 1. The van der Waals surface area contributed by atoms with E-state index >= 15 is 0 Å². The van der Waals surface area contributed by atoms with Crippen LogP contribution in [0.5, 0.6) is 5.75 Å². The number of hydrogen-bond acceptors (Lipinski definition) is 3. The number of ether oxygens (including phenoxy) is 1. The minimum atomic E-state index is -0.266. The van der Waals surface area contributed by atoms with E-state index in [-0.39, 0.29) is 17.6 Å². The number of nitrogens with zero attached hydrogens (tertiary/aromatic N) is 3. The predicted octanol–water partition coefficient (Wildman–Crippen LogP) is 6.17. The molecule has 1 saturated heterocycles. The van der Waals surface area contributed by atoms with Crippen LogP contribution in [-0.4, -0.2) is 33.5 Å². The van der Waals surface area contributed by atoms with Crippen LogP contribution in [-0.2, 0) is 17.9 Å². The molecule has 0 bridgehead atoms. The molecule has 1 unspecified atom stereocenters. The number of hydrogen-bond donors (Lipinski definition) is 0. The van der Waals surface area contributed by atoms with Crippen molar-refractivity contribution < 1.29 is 13.9 Å². The van der Waals surface area contributed by atoms with Crippen molar-refractivity contribution in [1.82, 2.24) is 14.5 Å². The molecule has 6 heteroatoms. The number of unbranched alkanes of at least 4 members (excludes halogenated alkanes) is 1. The second-order valence-electron chi connectivity index (χ2n) is 9.67. The first-order valence-corrected chi connectivity index (χ1v) is 12.7. The van der Waals surface area contributed by atoms with Gasteiger partial charge in [-0.25, -0.2) is 9.37 Å². The molecule has 0 aliphatic carbocycles. The minimum absolute atomic E-state index is 0.0385. The van der Waals surface area contributed by atoms with E-state index in [1.165, 1.54) is 23.3 Å². The highest BCUT2D eigenvalue weighted by molar-refractivity contribution is 5.81. The van der Waals surface area contributed by atoms with E-state index in [2.05, 4.69) is 30.5 Å². The third-order valence-electron chi connectivity index (χ3n) is 7.14. The van der Waals surface area contributed by atoms with Gasteiger partial charge < -0.3 is 14.2 Å². The van der Waals surface area contributed by atoms with Gasteiger partial charge in [-0.05, 0) is 73.7 Å². The third kappa shape index (κ3) is 5.13. The van der Waals surface area contributed by atoms with Gasteiger partial charge in [0.15, 0.2) is 0 Å². The SMILES string of the molecule is Cc1cccc(OCCCCn2c(C3CC(=O)N(Cc4ccc(F)cc4)C3)nc3ccccc32)c1C. The molecule has 1 aromatic heterocycles. The molecule has 5 nitrogen and oxygen atoms in total. The number of benzene rings is 3. The number of likely N-dealkylation sites (tertiary alicyclic amines) is 1. The van der Waals surface area contributed by atoms with Gasteiger partial charge in [0.1, 0.15) is 17.4 Å². The summed E-state index contributed by atoms with van der Waals surface area (Å²) in [5, 5.41) is 0. The molecule has 0 saturated carbocycles. The molecule has 1 amide bonds. The quantitative estimate of drug-likeness (QED) is 0.267. The maximum absolute atomic E-state index is 13.3. The first-order valence-electron chi connectivity index (χ1n) is 12.7. The lowest BCUT2D eigenvalue weighted by Gasteiger charge is -2.17. The van der Waals surface area contributed by atoms with Gasteiger partial charge in [-0.3, -0.25) is 4.79 Å². The topological polar surface area (TPSA) is 47.4 Å². The van der Waals surface area contributed by atoms with Crippen molar-refractivity contribution in [3.05, 3.63) is 95.1 Å². The summed E-state index contributed by atoms with van der Waals surface area (Å²) in [6, 6.07) is 20.7. The Morgan fingerprint density at radius 2 is 1.81 bits per heavy atom. The minimum Gasteiger partial charge on any atom is -0.493 e. The molecule has 0 spiro atoms. The highest BCUT2D eigenvalue weighted by Gasteiger charge is 2.33. The van der Waals surface area contributed by atoms with Gasteiger partial charge in [0.2, 0.25) is 5.91 Å². The smallest absolute Gasteiger partial charge is 0.223 e. The largest absolute Gasteiger partial charge is 0.493 e. The van der Waals surface area contributed by atoms with Crippen LogP contribution in [0.25, 0.3) is 11.0 Å². The number of carbonyl (C=O) groups is 1. The fraction of sp³-hybridized carbons (Fsp3) is 0.333. The molecular weight excluding hydrogens is 453 g/mol. The molecule has 0 N–H and O–H groups in total. The van der Waals surface area contributed by atoms with Crippen LogP contribution in [0.3, 0.4) is 0 Å². The van der Waals surface area contributed by atoms with Crippen molar-refractivity contribution in [2.24, 2.45) is 0 Å². The van der Waals surface area contributed by atoms with E-state index in [0.29, 0.717) is 26.1 Å². The Balaban J connectivity index is 1.26. The Morgan fingerprint density at radius 3 is 2.64 bits per heavy atom. The molecule has 3 aromatic carbocycles. The van der Waals surface area contributed by atoms with E-state index in [4.69, 9.17) is 9.72 Å². The number of imidazole rings is 1. The van der Waals surface area contributed by atoms with Crippen molar-refractivity contribution in [2.45, 2.75) is 52.1 Å². The van der Waals surface area contributed by atoms with Crippen molar-refractivity contribution in [1.29, 1.82) is 0 Å². The molecule has 186 valence electrons. The number of para-hydroxylation sites is 2. The molecule has 1 aliphatic heterocycles. The summed E-state index contributed by atoms with van der Waals surface area (Å²) >= 11 is 0. The van der Waals surface area contributed by atoms with Crippen LogP contribution in [0.15, 0.2) is 66.7 Å². The lowest BCUT2D eigenvalue weighted by atomic mass is 10.1. The van der Waals surface area contributed by atoms with Crippen LogP contribution in [0.4, 0.5) is 4.39 Å². The summed E-state index contributed by atoms with van der Waals surface area (Å²) in [5.41, 5.74) is 5.43. The molecule has 2 heterocycles. The summed E-state index contributed by atoms with van der Waals surface area (Å²) in [5.74, 6) is 1.81. The van der Waals surface area contributed by atoms with E-state index in [0.717, 1.165) is 47.6 Å². The molecule has 1 fully saturated rings. The van der Waals surface area contributed by atoms with Gasteiger partial charge in [-0.15, -0.1) is 0 Å². The number of fused-ring (bicyclic) bond motifs is 1. The Morgan fingerprint density at radius 1 is 1.00 bits per heavy atom. The van der Waals surface area contributed by atoms with Crippen LogP contribution < -0.4 is 4.74 Å². The molecule has 4 aromatic rings. The number of amides is 1. The van der Waals surface area contributed by atoms with Crippen LogP contribution >= 0.6 is 0 Å². The molecule has 36 heavy (non-hydrogen) atoms. The number of rotatable bonds is 9. The van der Waals surface area contributed by atoms with Gasteiger partial charge in [-0.2, -0.15) is 0 Å². The van der Waals surface area contributed by atoms with Gasteiger partial charge in [0.25, 0.3) is 0 Å². The Labute approximate surface area is 211 Å². The molecule has 5 rings (SSSR count). The highest BCUT2D eigenvalue weighted by atomic mass is 19.1. The zero-order chi connectivity index (χ0) is 25.1. The lowest BCUT2D eigenvalue weighted by Crippen LogP contribution is -2.24. The summed E-state index contributed by atoms with van der Waals surface area (Å²) < 4.78 is 21.6. The van der Waals surface area contributed by atoms with E-state index < -0.39 is 0 Å². The first kappa shape index (κ1) is 24.0. The molecular formula is C30H32FN3O2. The monoisotopic (exact) mass is 485 g/mol. The van der Waals surface area contributed by atoms with Gasteiger partial charge in [-0.1, -0.05) is 36.4 Å². The van der Waals surface area contributed by atoms with Crippen LogP contribution in [0, 0.1) is 19.7 Å². The van der Waals surface area contributed by atoms with Crippen molar-refractivity contribution in [3.8, 4) is 5.75 Å². The van der Waals surface area contributed by atoms with Gasteiger partial charge in [0.05, 0.1) is 17.6 Å². The van der Waals surface area contributed by atoms with Crippen molar-refractivity contribution >= 4 is 16.9 Å². The predicted molar refractivity (Wildman–Crippen MR) is 140 cm³/mol. The Kier molecular flexibility index (Phi) is 7.03. The normalized spacial score (nSPS) is 15.7. The lowest BCUT2D eigenvalue weighted by molar-refractivity contribution is -0.128. The maximum atomic E-state index is 13.3. The van der Waals surface area contributed by atoms with E-state index in [9.17, 15) is 9.18 Å². The highest BCUT2D eigenvalue weighted by Crippen LogP contribution is 2.31. The first-order chi connectivity index (χ1) is 17.5. The molecule has 1 aliphatic rings. The second kappa shape index (κ2) is 10.5. The van der Waals surface area contributed by atoms with Crippen molar-refractivity contribution in [3.63, 3.8) is 0 Å². The second-order valence-corrected chi connectivity index (χ2v) is 9.67. The summed E-state index contributed by atoms with van der Waals surface area (Å²) in [6.45, 7) is 6.80. The zero-order valence-corrected chi connectivity index (χ0v) is 20.9. The van der Waals surface area contributed by atoms with Crippen LogP contribution in [0.1, 0.15) is 47.7 Å². The zero-order valence-electron chi connectivity index (χ0n) is 20.9. The fourth-order valence-corrected chi connectivity index (χ4v) is 4.98. The summed E-state index contributed by atoms with van der Waals surface area (Å²) in [4.78, 5) is 19.7. The van der Waals surface area contributed by atoms with Gasteiger partial charge in [0, 0.05) is 32.0 Å². The average molecular weight is 486 g/mol. The Hall–Kier alpha value is -3.67. The summed E-state index contributed by atoms with van der Waals surface area (Å²) in [6.07, 6.45) is 2.33. The van der Waals surface area contributed by atoms with Gasteiger partial charge >= 0.3 is 0 Å². The van der Waals surface area contributed by atoms with Crippen LogP contribution in [0.2, 0.25) is 0 Å². The number of halogens is 1. The number of aromatic nitrogens is 2. The Bertz CT molecular complexity index is 1360.